The van der Waals surface area contributed by atoms with Gasteiger partial charge in [-0.05, 0) is 43.4 Å². The van der Waals surface area contributed by atoms with Crippen LogP contribution >= 0.6 is 0 Å². The highest BCUT2D eigenvalue weighted by atomic mass is 16.3. The fraction of sp³-hybridized carbons (Fsp3) is 0.333. The number of aliphatic hydroxyl groups is 1. The van der Waals surface area contributed by atoms with Crippen LogP contribution in [0.25, 0.3) is 0 Å². The Bertz CT molecular complexity index is 582. The molecule has 1 aliphatic carbocycles. The Labute approximate surface area is 114 Å². The van der Waals surface area contributed by atoms with E-state index in [4.69, 9.17) is 0 Å². The Balaban J connectivity index is 1.98. The van der Waals surface area contributed by atoms with Crippen molar-refractivity contribution in [3.05, 3.63) is 70.8 Å². The molecule has 1 heteroatoms. The van der Waals surface area contributed by atoms with Crippen molar-refractivity contribution in [3.63, 3.8) is 0 Å². The van der Waals surface area contributed by atoms with Crippen LogP contribution in [0.15, 0.2) is 48.5 Å². The number of benzene rings is 2. The van der Waals surface area contributed by atoms with Crippen LogP contribution in [0.5, 0.6) is 0 Å². The minimum Gasteiger partial charge on any atom is -0.387 e. The second-order valence-electron chi connectivity index (χ2n) is 5.78. The summed E-state index contributed by atoms with van der Waals surface area (Å²) in [6.07, 6.45) is 1.76. The Morgan fingerprint density at radius 2 is 1.68 bits per heavy atom. The maximum atomic E-state index is 10.8. The molecule has 0 saturated heterocycles. The molecule has 0 aromatic heterocycles. The molecule has 1 saturated carbocycles. The predicted octanol–water partition coefficient (Wildman–Crippen LogP) is 4.07. The van der Waals surface area contributed by atoms with Gasteiger partial charge < -0.3 is 5.11 Å². The third-order valence-electron chi connectivity index (χ3n) is 4.38. The van der Waals surface area contributed by atoms with Crippen molar-refractivity contribution >= 4 is 0 Å². The Hall–Kier alpha value is -1.60. The van der Waals surface area contributed by atoms with E-state index in [0.29, 0.717) is 0 Å². The molecule has 2 aromatic carbocycles. The summed E-state index contributed by atoms with van der Waals surface area (Å²) in [5.41, 5.74) is 4.73. The van der Waals surface area contributed by atoms with Crippen molar-refractivity contribution < 1.29 is 5.11 Å². The molecule has 1 aliphatic rings. The highest BCUT2D eigenvalue weighted by molar-refractivity contribution is 5.40. The minimum atomic E-state index is -0.393. The smallest absolute Gasteiger partial charge is 0.0889 e. The van der Waals surface area contributed by atoms with Crippen molar-refractivity contribution in [2.75, 3.05) is 0 Å². The molecule has 1 unspecified atom stereocenters. The zero-order valence-corrected chi connectivity index (χ0v) is 11.6. The minimum absolute atomic E-state index is 0.0543. The summed E-state index contributed by atoms with van der Waals surface area (Å²) in [4.78, 5) is 0. The molecule has 0 bridgehead atoms. The molecule has 0 amide bonds. The van der Waals surface area contributed by atoms with E-state index in [1.807, 2.05) is 6.07 Å². The first-order valence-electron chi connectivity index (χ1n) is 6.94. The van der Waals surface area contributed by atoms with Crippen LogP contribution in [0.2, 0.25) is 0 Å². The largest absolute Gasteiger partial charge is 0.387 e. The van der Waals surface area contributed by atoms with Crippen LogP contribution in [0.3, 0.4) is 0 Å². The standard InChI is InChI=1S/C18H20O/c1-13-8-9-16(14(2)12-13)17(19)18(10-11-18)15-6-4-3-5-7-15/h3-9,12,17,19H,10-11H2,1-2H3. The van der Waals surface area contributed by atoms with Crippen LogP contribution in [0.4, 0.5) is 0 Å². The van der Waals surface area contributed by atoms with Crippen LogP contribution in [0, 0.1) is 13.8 Å². The maximum Gasteiger partial charge on any atom is 0.0889 e. The van der Waals surface area contributed by atoms with E-state index in [2.05, 4.69) is 56.3 Å². The lowest BCUT2D eigenvalue weighted by molar-refractivity contribution is 0.132. The van der Waals surface area contributed by atoms with Crippen molar-refractivity contribution in [1.82, 2.24) is 0 Å². The van der Waals surface area contributed by atoms with Crippen LogP contribution in [-0.4, -0.2) is 5.11 Å². The number of rotatable bonds is 3. The van der Waals surface area contributed by atoms with Gasteiger partial charge in [-0.25, -0.2) is 0 Å². The lowest BCUT2D eigenvalue weighted by Gasteiger charge is -2.24. The molecular weight excluding hydrogens is 232 g/mol. The maximum absolute atomic E-state index is 10.8. The number of hydrogen-bond donors (Lipinski definition) is 1. The van der Waals surface area contributed by atoms with Gasteiger partial charge in [0.25, 0.3) is 0 Å². The van der Waals surface area contributed by atoms with Crippen LogP contribution in [-0.2, 0) is 5.41 Å². The molecule has 0 spiro atoms. The lowest BCUT2D eigenvalue weighted by atomic mass is 9.84. The van der Waals surface area contributed by atoms with Crippen LogP contribution in [0.1, 0.15) is 41.2 Å². The van der Waals surface area contributed by atoms with Gasteiger partial charge >= 0.3 is 0 Å². The summed E-state index contributed by atoms with van der Waals surface area (Å²) in [6.45, 7) is 4.18. The zero-order valence-electron chi connectivity index (χ0n) is 11.6. The topological polar surface area (TPSA) is 20.2 Å². The fourth-order valence-electron chi connectivity index (χ4n) is 3.05. The van der Waals surface area contributed by atoms with E-state index >= 15 is 0 Å². The normalized spacial score (nSPS) is 18.1. The molecule has 0 heterocycles. The molecule has 0 aliphatic heterocycles. The van der Waals surface area contributed by atoms with Crippen molar-refractivity contribution in [2.45, 2.75) is 38.2 Å². The third-order valence-corrected chi connectivity index (χ3v) is 4.38. The first kappa shape index (κ1) is 12.4. The fourth-order valence-corrected chi connectivity index (χ4v) is 3.05. The molecule has 1 atom stereocenters. The average molecular weight is 252 g/mol. The molecule has 1 N–H and O–H groups in total. The number of aryl methyl sites for hydroxylation is 2. The predicted molar refractivity (Wildman–Crippen MR) is 78.2 cm³/mol. The molecule has 1 fully saturated rings. The highest BCUT2D eigenvalue weighted by Gasteiger charge is 2.50. The van der Waals surface area contributed by atoms with Gasteiger partial charge in [0.15, 0.2) is 0 Å². The zero-order chi connectivity index (χ0) is 13.5. The SMILES string of the molecule is Cc1ccc(C(O)C2(c3ccccc3)CC2)c(C)c1. The van der Waals surface area contributed by atoms with E-state index in [-0.39, 0.29) is 5.41 Å². The summed E-state index contributed by atoms with van der Waals surface area (Å²) >= 11 is 0. The lowest BCUT2D eigenvalue weighted by Crippen LogP contribution is -2.19. The summed E-state index contributed by atoms with van der Waals surface area (Å²) in [5, 5.41) is 10.8. The third kappa shape index (κ3) is 2.08. The van der Waals surface area contributed by atoms with Gasteiger partial charge in [0, 0.05) is 5.41 Å². The molecule has 1 nitrogen and oxygen atoms in total. The van der Waals surface area contributed by atoms with E-state index < -0.39 is 6.10 Å². The summed E-state index contributed by atoms with van der Waals surface area (Å²) in [5.74, 6) is 0. The van der Waals surface area contributed by atoms with Gasteiger partial charge in [-0.3, -0.25) is 0 Å². The number of hydrogen-bond acceptors (Lipinski definition) is 1. The average Bonchev–Trinajstić information content (AvgIpc) is 3.20. The van der Waals surface area contributed by atoms with E-state index in [1.54, 1.807) is 0 Å². The molecule has 0 radical (unpaired) electrons. The van der Waals surface area contributed by atoms with Crippen molar-refractivity contribution in [1.29, 1.82) is 0 Å². The first-order valence-corrected chi connectivity index (χ1v) is 6.94. The quantitative estimate of drug-likeness (QED) is 0.873. The summed E-state index contributed by atoms with van der Waals surface area (Å²) in [6, 6.07) is 16.8. The van der Waals surface area contributed by atoms with Gasteiger partial charge in [0.2, 0.25) is 0 Å². The molecular formula is C18H20O. The molecule has 19 heavy (non-hydrogen) atoms. The summed E-state index contributed by atoms with van der Waals surface area (Å²) < 4.78 is 0. The van der Waals surface area contributed by atoms with E-state index in [1.165, 1.54) is 16.7 Å². The first-order chi connectivity index (χ1) is 9.13. The monoisotopic (exact) mass is 252 g/mol. The number of aliphatic hydroxyl groups excluding tert-OH is 1. The molecule has 3 rings (SSSR count). The second-order valence-corrected chi connectivity index (χ2v) is 5.78. The Kier molecular flexibility index (Phi) is 2.94. The van der Waals surface area contributed by atoms with Crippen molar-refractivity contribution in [3.8, 4) is 0 Å². The van der Waals surface area contributed by atoms with Crippen LogP contribution < -0.4 is 0 Å². The Morgan fingerprint density at radius 1 is 1.00 bits per heavy atom. The van der Waals surface area contributed by atoms with E-state index in [9.17, 15) is 5.11 Å². The molecule has 2 aromatic rings. The highest BCUT2D eigenvalue weighted by Crippen LogP contribution is 2.56. The van der Waals surface area contributed by atoms with Gasteiger partial charge in [-0.1, -0.05) is 54.1 Å². The molecule has 98 valence electrons. The van der Waals surface area contributed by atoms with Gasteiger partial charge in [-0.15, -0.1) is 0 Å². The van der Waals surface area contributed by atoms with E-state index in [0.717, 1.165) is 18.4 Å². The Morgan fingerprint density at radius 3 is 2.26 bits per heavy atom. The summed E-state index contributed by atoms with van der Waals surface area (Å²) in [7, 11) is 0. The van der Waals surface area contributed by atoms with Gasteiger partial charge in [0.1, 0.15) is 0 Å². The van der Waals surface area contributed by atoms with Gasteiger partial charge in [-0.2, -0.15) is 0 Å². The van der Waals surface area contributed by atoms with Gasteiger partial charge in [0.05, 0.1) is 6.10 Å². The second kappa shape index (κ2) is 4.50. The van der Waals surface area contributed by atoms with Crippen molar-refractivity contribution in [2.24, 2.45) is 0 Å².